The number of hydrogen-bond acceptors (Lipinski definition) is 7. The van der Waals surface area contributed by atoms with E-state index in [1.54, 1.807) is 6.07 Å². The van der Waals surface area contributed by atoms with Gasteiger partial charge in [-0.05, 0) is 32.0 Å². The number of thiazole rings is 1. The van der Waals surface area contributed by atoms with Crippen LogP contribution in [0.5, 0.6) is 5.75 Å². The summed E-state index contributed by atoms with van der Waals surface area (Å²) in [5.74, 6) is 1.01. The zero-order valence-electron chi connectivity index (χ0n) is 15.9. The lowest BCUT2D eigenvalue weighted by atomic mass is 10.1. The first-order valence-corrected chi connectivity index (χ1v) is 9.81. The fourth-order valence-electron chi connectivity index (χ4n) is 2.71. The minimum atomic E-state index is -0.292. The molecule has 0 radical (unpaired) electrons. The number of ether oxygens (including phenoxy) is 1. The molecule has 29 heavy (non-hydrogen) atoms. The molecule has 0 saturated carbocycles. The lowest BCUT2D eigenvalue weighted by molar-refractivity contribution is -0.118. The van der Waals surface area contributed by atoms with Crippen molar-refractivity contribution in [3.8, 4) is 28.6 Å². The Morgan fingerprint density at radius 1 is 1.14 bits per heavy atom. The van der Waals surface area contributed by atoms with Crippen molar-refractivity contribution in [3.63, 3.8) is 0 Å². The van der Waals surface area contributed by atoms with Crippen LogP contribution in [-0.2, 0) is 4.79 Å². The Labute approximate surface area is 171 Å². The highest BCUT2D eigenvalue weighted by atomic mass is 32.1. The van der Waals surface area contributed by atoms with Gasteiger partial charge in [0.1, 0.15) is 5.75 Å². The van der Waals surface area contributed by atoms with Gasteiger partial charge >= 0.3 is 0 Å². The molecule has 4 aromatic rings. The lowest BCUT2D eigenvalue weighted by Gasteiger charge is -2.08. The third kappa shape index (κ3) is 4.49. The van der Waals surface area contributed by atoms with Crippen LogP contribution in [0.1, 0.15) is 11.3 Å². The molecule has 146 valence electrons. The number of carbonyl (C=O) groups excluding carboxylic acids is 1. The van der Waals surface area contributed by atoms with Crippen molar-refractivity contribution in [3.05, 3.63) is 65.2 Å². The van der Waals surface area contributed by atoms with Gasteiger partial charge in [-0.1, -0.05) is 41.1 Å². The van der Waals surface area contributed by atoms with E-state index in [0.717, 1.165) is 16.8 Å². The largest absolute Gasteiger partial charge is 0.483 e. The lowest BCUT2D eigenvalue weighted by Crippen LogP contribution is -2.20. The summed E-state index contributed by atoms with van der Waals surface area (Å²) < 4.78 is 11.1. The molecule has 0 saturated heterocycles. The number of nitrogens with zero attached hydrogens (tertiary/aromatic N) is 3. The van der Waals surface area contributed by atoms with E-state index >= 15 is 0 Å². The number of nitrogens with one attached hydrogen (secondary N) is 1. The molecule has 0 spiro atoms. The van der Waals surface area contributed by atoms with E-state index in [9.17, 15) is 4.79 Å². The Morgan fingerprint density at radius 3 is 2.79 bits per heavy atom. The third-order valence-corrected chi connectivity index (χ3v) is 4.92. The summed E-state index contributed by atoms with van der Waals surface area (Å²) in [6.45, 7) is 3.72. The van der Waals surface area contributed by atoms with Crippen molar-refractivity contribution in [2.45, 2.75) is 13.8 Å². The fourth-order valence-corrected chi connectivity index (χ4v) is 3.42. The molecular weight excluding hydrogens is 388 g/mol. The van der Waals surface area contributed by atoms with Crippen LogP contribution in [0.15, 0.2) is 58.4 Å². The Kier molecular flexibility index (Phi) is 5.35. The minimum Gasteiger partial charge on any atom is -0.483 e. The van der Waals surface area contributed by atoms with Crippen LogP contribution in [0, 0.1) is 13.8 Å². The Bertz CT molecular complexity index is 1150. The van der Waals surface area contributed by atoms with Crippen molar-refractivity contribution >= 4 is 22.4 Å². The molecule has 0 aliphatic rings. The number of aromatic nitrogens is 3. The molecule has 0 bridgehead atoms. The molecule has 1 amide bonds. The predicted molar refractivity (Wildman–Crippen MR) is 111 cm³/mol. The summed E-state index contributed by atoms with van der Waals surface area (Å²) in [4.78, 5) is 20.8. The second-order valence-corrected chi connectivity index (χ2v) is 7.28. The fraction of sp³-hybridized carbons (Fsp3) is 0.143. The minimum absolute atomic E-state index is 0.158. The topological polar surface area (TPSA) is 90.1 Å². The summed E-state index contributed by atoms with van der Waals surface area (Å²) >= 11 is 1.37. The van der Waals surface area contributed by atoms with E-state index < -0.39 is 0 Å². The van der Waals surface area contributed by atoms with Gasteiger partial charge < -0.3 is 9.26 Å². The number of anilines is 1. The zero-order chi connectivity index (χ0) is 20.2. The molecule has 2 aromatic heterocycles. The van der Waals surface area contributed by atoms with Gasteiger partial charge in [0.2, 0.25) is 5.82 Å². The quantitative estimate of drug-likeness (QED) is 0.507. The van der Waals surface area contributed by atoms with Gasteiger partial charge in [-0.25, -0.2) is 4.98 Å². The Balaban J connectivity index is 1.49. The third-order valence-electron chi connectivity index (χ3n) is 4.04. The maximum atomic E-state index is 12.1. The summed E-state index contributed by atoms with van der Waals surface area (Å²) in [7, 11) is 0. The number of benzene rings is 2. The number of para-hydroxylation sites is 1. The molecule has 4 rings (SSSR count). The molecule has 8 heteroatoms. The van der Waals surface area contributed by atoms with Gasteiger partial charge in [-0.2, -0.15) is 4.98 Å². The van der Waals surface area contributed by atoms with Crippen LogP contribution in [0.25, 0.3) is 22.8 Å². The van der Waals surface area contributed by atoms with Gasteiger partial charge in [0.15, 0.2) is 11.7 Å². The smallest absolute Gasteiger partial charge is 0.264 e. The van der Waals surface area contributed by atoms with E-state index in [2.05, 4.69) is 20.4 Å². The molecule has 0 fully saturated rings. The highest BCUT2D eigenvalue weighted by Crippen LogP contribution is 2.30. The van der Waals surface area contributed by atoms with Crippen molar-refractivity contribution < 1.29 is 14.1 Å². The second kappa shape index (κ2) is 8.24. The highest BCUT2D eigenvalue weighted by molar-refractivity contribution is 7.13. The number of amides is 1. The highest BCUT2D eigenvalue weighted by Gasteiger charge is 2.16. The molecule has 7 nitrogen and oxygen atoms in total. The number of rotatable bonds is 6. The second-order valence-electron chi connectivity index (χ2n) is 6.42. The van der Waals surface area contributed by atoms with Gasteiger partial charge in [-0.15, -0.1) is 11.3 Å². The maximum absolute atomic E-state index is 12.1. The van der Waals surface area contributed by atoms with Crippen LogP contribution in [0.4, 0.5) is 5.13 Å². The summed E-state index contributed by atoms with van der Waals surface area (Å²) in [6, 6.07) is 15.1. The number of aryl methyl sites for hydroxylation is 2. The number of hydrogen-bond donors (Lipinski definition) is 1. The van der Waals surface area contributed by atoms with Gasteiger partial charge in [0.25, 0.3) is 11.8 Å². The van der Waals surface area contributed by atoms with Crippen LogP contribution in [0.2, 0.25) is 0 Å². The SMILES string of the molecule is Cc1cccc(-c2noc(-c3ccccc3OCC(=O)Nc3nc(C)cs3)n2)c1. The molecule has 1 N–H and O–H groups in total. The Hall–Kier alpha value is -3.52. The summed E-state index contributed by atoms with van der Waals surface area (Å²) in [6.07, 6.45) is 0. The molecule has 0 aliphatic carbocycles. The van der Waals surface area contributed by atoms with Crippen molar-refractivity contribution in [1.82, 2.24) is 15.1 Å². The van der Waals surface area contributed by atoms with E-state index in [4.69, 9.17) is 9.26 Å². The monoisotopic (exact) mass is 406 g/mol. The summed E-state index contributed by atoms with van der Waals surface area (Å²) in [5, 5.41) is 9.20. The van der Waals surface area contributed by atoms with E-state index in [1.807, 2.05) is 61.7 Å². The van der Waals surface area contributed by atoms with Gasteiger partial charge in [-0.3, -0.25) is 10.1 Å². The van der Waals surface area contributed by atoms with Crippen molar-refractivity contribution in [2.75, 3.05) is 11.9 Å². The average molecular weight is 406 g/mol. The molecule has 2 aromatic carbocycles. The average Bonchev–Trinajstić information content (AvgIpc) is 3.36. The molecular formula is C21H18N4O3S. The first-order valence-electron chi connectivity index (χ1n) is 8.93. The zero-order valence-corrected chi connectivity index (χ0v) is 16.7. The predicted octanol–water partition coefficient (Wildman–Crippen LogP) is 4.49. The van der Waals surface area contributed by atoms with E-state index in [1.165, 1.54) is 11.3 Å². The molecule has 0 unspecified atom stereocenters. The van der Waals surface area contributed by atoms with Crippen LogP contribution in [-0.4, -0.2) is 27.6 Å². The van der Waals surface area contributed by atoms with Crippen molar-refractivity contribution in [1.29, 1.82) is 0 Å². The van der Waals surface area contributed by atoms with Crippen LogP contribution >= 0.6 is 11.3 Å². The maximum Gasteiger partial charge on any atom is 0.264 e. The first kappa shape index (κ1) is 18.8. The van der Waals surface area contributed by atoms with Crippen LogP contribution in [0.3, 0.4) is 0 Å². The van der Waals surface area contributed by atoms with E-state index in [-0.39, 0.29) is 12.5 Å². The molecule has 0 atom stereocenters. The van der Waals surface area contributed by atoms with Crippen molar-refractivity contribution in [2.24, 2.45) is 0 Å². The van der Waals surface area contributed by atoms with Gasteiger partial charge in [0.05, 0.1) is 11.3 Å². The Morgan fingerprint density at radius 2 is 2.00 bits per heavy atom. The summed E-state index contributed by atoms with van der Waals surface area (Å²) in [5.41, 5.74) is 3.46. The van der Waals surface area contributed by atoms with Gasteiger partial charge in [0, 0.05) is 10.9 Å². The normalized spacial score (nSPS) is 10.7. The van der Waals surface area contributed by atoms with E-state index in [0.29, 0.717) is 28.2 Å². The number of carbonyl (C=O) groups is 1. The molecule has 2 heterocycles. The first-order chi connectivity index (χ1) is 14.1. The standard InChI is InChI=1S/C21H18N4O3S/c1-13-6-5-7-15(10-13)19-24-20(28-25-19)16-8-3-4-9-17(16)27-11-18(26)23-21-22-14(2)12-29-21/h3-10,12H,11H2,1-2H3,(H,22,23,26). The van der Waals surface area contributed by atoms with Crippen LogP contribution < -0.4 is 10.1 Å². The molecule has 0 aliphatic heterocycles.